The number of benzene rings is 1. The highest BCUT2D eigenvalue weighted by Gasteiger charge is 2.13. The molecule has 0 aliphatic carbocycles. The Morgan fingerprint density at radius 3 is 2.53 bits per heavy atom. The highest BCUT2D eigenvalue weighted by Crippen LogP contribution is 2.24. The second-order valence-electron chi connectivity index (χ2n) is 3.82. The van der Waals surface area contributed by atoms with E-state index in [1.54, 1.807) is 0 Å². The van der Waals surface area contributed by atoms with Crippen molar-refractivity contribution in [1.29, 1.82) is 0 Å². The SMILES string of the molecule is Brc1ccc(OCC2CCSCC2)cc1. The largest absolute Gasteiger partial charge is 0.493 e. The number of hydrogen-bond donors (Lipinski definition) is 0. The fourth-order valence-electron chi connectivity index (χ4n) is 1.66. The molecular weight excluding hydrogens is 272 g/mol. The minimum atomic E-state index is 0.759. The van der Waals surface area contributed by atoms with E-state index in [1.807, 2.05) is 24.3 Å². The Balaban J connectivity index is 1.79. The second kappa shape index (κ2) is 5.80. The van der Waals surface area contributed by atoms with Gasteiger partial charge in [-0.25, -0.2) is 0 Å². The molecule has 0 saturated carbocycles. The third kappa shape index (κ3) is 3.72. The van der Waals surface area contributed by atoms with Crippen molar-refractivity contribution >= 4 is 27.7 Å². The van der Waals surface area contributed by atoms with Crippen LogP contribution in [0.15, 0.2) is 28.7 Å². The van der Waals surface area contributed by atoms with Crippen LogP contribution in [0.4, 0.5) is 0 Å². The third-order valence-corrected chi connectivity index (χ3v) is 4.22. The van der Waals surface area contributed by atoms with E-state index in [0.717, 1.165) is 22.7 Å². The minimum Gasteiger partial charge on any atom is -0.493 e. The molecule has 0 unspecified atom stereocenters. The van der Waals surface area contributed by atoms with Crippen LogP contribution in [0.3, 0.4) is 0 Å². The molecule has 1 aromatic carbocycles. The summed E-state index contributed by atoms with van der Waals surface area (Å²) in [4.78, 5) is 0. The molecule has 0 amide bonds. The second-order valence-corrected chi connectivity index (χ2v) is 5.96. The zero-order chi connectivity index (χ0) is 10.5. The summed E-state index contributed by atoms with van der Waals surface area (Å²) in [5.74, 6) is 4.34. The summed E-state index contributed by atoms with van der Waals surface area (Å²) in [6.07, 6.45) is 2.61. The lowest BCUT2D eigenvalue weighted by molar-refractivity contribution is 0.240. The predicted molar refractivity (Wildman–Crippen MR) is 69.7 cm³/mol. The van der Waals surface area contributed by atoms with Gasteiger partial charge in [-0.3, -0.25) is 0 Å². The van der Waals surface area contributed by atoms with Crippen molar-refractivity contribution < 1.29 is 4.74 Å². The Morgan fingerprint density at radius 2 is 1.87 bits per heavy atom. The molecule has 1 aromatic rings. The molecule has 0 spiro atoms. The zero-order valence-corrected chi connectivity index (χ0v) is 11.0. The molecule has 15 heavy (non-hydrogen) atoms. The molecule has 82 valence electrons. The number of halogens is 1. The number of thioether (sulfide) groups is 1. The monoisotopic (exact) mass is 286 g/mol. The number of rotatable bonds is 3. The molecule has 0 radical (unpaired) electrons. The van der Waals surface area contributed by atoms with Crippen molar-refractivity contribution in [1.82, 2.24) is 0 Å². The van der Waals surface area contributed by atoms with Crippen LogP contribution >= 0.6 is 27.7 Å². The Kier molecular flexibility index (Phi) is 4.39. The first-order valence-electron chi connectivity index (χ1n) is 5.31. The highest BCUT2D eigenvalue weighted by molar-refractivity contribution is 9.10. The molecule has 0 aromatic heterocycles. The predicted octanol–water partition coefficient (Wildman–Crippen LogP) is 3.97. The summed E-state index contributed by atoms with van der Waals surface area (Å²) < 4.78 is 6.87. The van der Waals surface area contributed by atoms with E-state index in [0.29, 0.717) is 0 Å². The highest BCUT2D eigenvalue weighted by atomic mass is 79.9. The van der Waals surface area contributed by atoms with E-state index in [1.165, 1.54) is 24.3 Å². The van der Waals surface area contributed by atoms with Crippen molar-refractivity contribution in [2.45, 2.75) is 12.8 Å². The van der Waals surface area contributed by atoms with Crippen LogP contribution in [0.5, 0.6) is 5.75 Å². The molecule has 1 heterocycles. The maximum Gasteiger partial charge on any atom is 0.119 e. The van der Waals surface area contributed by atoms with Crippen molar-refractivity contribution in [3.8, 4) is 5.75 Å². The van der Waals surface area contributed by atoms with Gasteiger partial charge in [0.05, 0.1) is 6.61 Å². The van der Waals surface area contributed by atoms with E-state index in [4.69, 9.17) is 4.74 Å². The topological polar surface area (TPSA) is 9.23 Å². The lowest BCUT2D eigenvalue weighted by Crippen LogP contribution is -2.17. The average molecular weight is 287 g/mol. The molecular formula is C12H15BrOS. The molecule has 1 fully saturated rings. The van der Waals surface area contributed by atoms with Crippen molar-refractivity contribution in [3.63, 3.8) is 0 Å². The quantitative estimate of drug-likeness (QED) is 0.832. The Morgan fingerprint density at radius 1 is 1.20 bits per heavy atom. The smallest absolute Gasteiger partial charge is 0.119 e. The van der Waals surface area contributed by atoms with Gasteiger partial charge in [0.15, 0.2) is 0 Å². The van der Waals surface area contributed by atoms with E-state index in [-0.39, 0.29) is 0 Å². The van der Waals surface area contributed by atoms with Crippen molar-refractivity contribution in [2.75, 3.05) is 18.1 Å². The van der Waals surface area contributed by atoms with Gasteiger partial charge in [0, 0.05) is 4.47 Å². The molecule has 1 saturated heterocycles. The average Bonchev–Trinajstić information content (AvgIpc) is 2.30. The molecule has 1 aliphatic heterocycles. The van der Waals surface area contributed by atoms with Gasteiger partial charge >= 0.3 is 0 Å². The van der Waals surface area contributed by atoms with Crippen LogP contribution in [-0.2, 0) is 0 Å². The standard InChI is InChI=1S/C12H15BrOS/c13-11-1-3-12(4-2-11)14-9-10-5-7-15-8-6-10/h1-4,10H,5-9H2. The lowest BCUT2D eigenvalue weighted by Gasteiger charge is -2.21. The van der Waals surface area contributed by atoms with Crippen LogP contribution in [0.2, 0.25) is 0 Å². The lowest BCUT2D eigenvalue weighted by atomic mass is 10.0. The Hall–Kier alpha value is -0.150. The zero-order valence-electron chi connectivity index (χ0n) is 8.62. The summed E-state index contributed by atoms with van der Waals surface area (Å²) in [6, 6.07) is 8.07. The van der Waals surface area contributed by atoms with Crippen LogP contribution in [0, 0.1) is 5.92 Å². The van der Waals surface area contributed by atoms with Gasteiger partial charge in [0.1, 0.15) is 5.75 Å². The first-order valence-corrected chi connectivity index (χ1v) is 7.25. The van der Waals surface area contributed by atoms with E-state index in [9.17, 15) is 0 Å². The van der Waals surface area contributed by atoms with Crippen LogP contribution in [0.1, 0.15) is 12.8 Å². The van der Waals surface area contributed by atoms with Gasteiger partial charge in [-0.05, 0) is 54.5 Å². The van der Waals surface area contributed by atoms with Gasteiger partial charge in [0.2, 0.25) is 0 Å². The summed E-state index contributed by atoms with van der Waals surface area (Å²) in [5.41, 5.74) is 0. The van der Waals surface area contributed by atoms with Gasteiger partial charge in [-0.1, -0.05) is 15.9 Å². The van der Waals surface area contributed by atoms with Gasteiger partial charge in [-0.15, -0.1) is 0 Å². The van der Waals surface area contributed by atoms with Gasteiger partial charge in [-0.2, -0.15) is 11.8 Å². The van der Waals surface area contributed by atoms with Gasteiger partial charge in [0.25, 0.3) is 0 Å². The van der Waals surface area contributed by atoms with Gasteiger partial charge < -0.3 is 4.74 Å². The van der Waals surface area contributed by atoms with E-state index >= 15 is 0 Å². The molecule has 0 bridgehead atoms. The molecule has 1 aliphatic rings. The number of ether oxygens (including phenoxy) is 1. The fraction of sp³-hybridized carbons (Fsp3) is 0.500. The van der Waals surface area contributed by atoms with E-state index in [2.05, 4.69) is 27.7 Å². The molecule has 0 atom stereocenters. The Bertz CT molecular complexity index is 293. The summed E-state index contributed by atoms with van der Waals surface area (Å²) in [7, 11) is 0. The minimum absolute atomic E-state index is 0.759. The fourth-order valence-corrected chi connectivity index (χ4v) is 3.13. The summed E-state index contributed by atoms with van der Waals surface area (Å²) >= 11 is 5.48. The first-order chi connectivity index (χ1) is 7.34. The molecule has 0 N–H and O–H groups in total. The van der Waals surface area contributed by atoms with Crippen molar-refractivity contribution in [2.24, 2.45) is 5.92 Å². The van der Waals surface area contributed by atoms with Crippen LogP contribution in [0.25, 0.3) is 0 Å². The molecule has 3 heteroatoms. The summed E-state index contributed by atoms with van der Waals surface area (Å²) in [6.45, 7) is 0.877. The van der Waals surface area contributed by atoms with Crippen LogP contribution < -0.4 is 4.74 Å². The maximum atomic E-state index is 5.77. The molecule has 1 nitrogen and oxygen atoms in total. The molecule has 2 rings (SSSR count). The number of hydrogen-bond acceptors (Lipinski definition) is 2. The van der Waals surface area contributed by atoms with Crippen LogP contribution in [-0.4, -0.2) is 18.1 Å². The van der Waals surface area contributed by atoms with E-state index < -0.39 is 0 Å². The first kappa shape index (κ1) is 11.3. The maximum absolute atomic E-state index is 5.77. The van der Waals surface area contributed by atoms with Crippen molar-refractivity contribution in [3.05, 3.63) is 28.7 Å². The normalized spacial score (nSPS) is 17.7. The third-order valence-electron chi connectivity index (χ3n) is 2.64. The summed E-state index contributed by atoms with van der Waals surface area (Å²) in [5, 5.41) is 0. The Labute approximate surface area is 104 Å².